The van der Waals surface area contributed by atoms with Gasteiger partial charge in [0.05, 0.1) is 0 Å². The van der Waals surface area contributed by atoms with Gasteiger partial charge in [0.1, 0.15) is 6.04 Å². The maximum absolute atomic E-state index is 11.7. The number of aliphatic carboxylic acids is 1. The van der Waals surface area contributed by atoms with Crippen LogP contribution in [0.5, 0.6) is 0 Å². The zero-order valence-corrected chi connectivity index (χ0v) is 10.8. The number of hydrogen-bond acceptors (Lipinski definition) is 3. The topological polar surface area (TPSA) is 66.4 Å². The van der Waals surface area contributed by atoms with Gasteiger partial charge < -0.3 is 10.4 Å². The molecule has 0 aromatic heterocycles. The number of carboxylic acids is 1. The molecule has 0 aromatic rings. The van der Waals surface area contributed by atoms with Crippen LogP contribution in [-0.4, -0.2) is 35.0 Å². The van der Waals surface area contributed by atoms with Crippen LogP contribution in [0.4, 0.5) is 0 Å². The van der Waals surface area contributed by atoms with E-state index in [1.807, 2.05) is 20.1 Å². The van der Waals surface area contributed by atoms with E-state index in [-0.39, 0.29) is 17.2 Å². The van der Waals surface area contributed by atoms with Crippen molar-refractivity contribution in [2.45, 2.75) is 32.7 Å². The molecule has 0 aromatic carbocycles. The molecule has 1 amide bonds. The molecule has 16 heavy (non-hydrogen) atoms. The van der Waals surface area contributed by atoms with Crippen LogP contribution in [0.1, 0.15) is 26.7 Å². The zero-order chi connectivity index (χ0) is 12.3. The Morgan fingerprint density at radius 2 is 2.12 bits per heavy atom. The zero-order valence-electron chi connectivity index (χ0n) is 9.95. The molecule has 1 saturated carbocycles. The highest BCUT2D eigenvalue weighted by Gasteiger charge is 2.51. The van der Waals surface area contributed by atoms with Gasteiger partial charge >= 0.3 is 5.97 Å². The number of carbonyl (C=O) groups excluding carboxylic acids is 1. The van der Waals surface area contributed by atoms with Crippen LogP contribution < -0.4 is 5.32 Å². The molecule has 92 valence electrons. The van der Waals surface area contributed by atoms with Crippen LogP contribution in [0.15, 0.2) is 0 Å². The van der Waals surface area contributed by atoms with Crippen LogP contribution in [-0.2, 0) is 9.59 Å². The predicted molar refractivity (Wildman–Crippen MR) is 64.5 cm³/mol. The van der Waals surface area contributed by atoms with Crippen molar-refractivity contribution >= 4 is 23.6 Å². The lowest BCUT2D eigenvalue weighted by Gasteiger charge is -2.14. The molecule has 0 bridgehead atoms. The summed E-state index contributed by atoms with van der Waals surface area (Å²) >= 11 is 1.58. The number of hydrogen-bond donors (Lipinski definition) is 2. The van der Waals surface area contributed by atoms with Crippen LogP contribution in [0.25, 0.3) is 0 Å². The molecule has 2 N–H and O–H groups in total. The fraction of sp³-hybridized carbons (Fsp3) is 0.818. The van der Waals surface area contributed by atoms with E-state index < -0.39 is 12.0 Å². The molecule has 0 aliphatic heterocycles. The summed E-state index contributed by atoms with van der Waals surface area (Å²) < 4.78 is 0. The minimum absolute atomic E-state index is 0.0105. The SMILES string of the molecule is CSCCC(NC(=O)C1CC1(C)C)C(=O)O. The van der Waals surface area contributed by atoms with Crippen molar-refractivity contribution < 1.29 is 14.7 Å². The summed E-state index contributed by atoms with van der Waals surface area (Å²) in [5, 5.41) is 11.6. The van der Waals surface area contributed by atoms with Gasteiger partial charge in [0.2, 0.25) is 5.91 Å². The summed E-state index contributed by atoms with van der Waals surface area (Å²) in [5.74, 6) is -0.325. The van der Waals surface area contributed by atoms with Gasteiger partial charge in [0, 0.05) is 5.92 Å². The molecular weight excluding hydrogens is 226 g/mol. The third kappa shape index (κ3) is 3.40. The Kier molecular flexibility index (Phi) is 4.24. The molecular formula is C11H19NO3S. The lowest BCUT2D eigenvalue weighted by Crippen LogP contribution is -2.42. The first kappa shape index (κ1) is 13.4. The number of nitrogens with one attached hydrogen (secondary N) is 1. The highest BCUT2D eigenvalue weighted by molar-refractivity contribution is 7.98. The molecule has 2 atom stereocenters. The number of thioether (sulfide) groups is 1. The van der Waals surface area contributed by atoms with Crippen molar-refractivity contribution in [2.24, 2.45) is 11.3 Å². The fourth-order valence-electron chi connectivity index (χ4n) is 1.68. The van der Waals surface area contributed by atoms with Crippen LogP contribution in [0.2, 0.25) is 0 Å². The Morgan fingerprint density at radius 1 is 1.56 bits per heavy atom. The summed E-state index contributed by atoms with van der Waals surface area (Å²) in [4.78, 5) is 22.6. The Bertz CT molecular complexity index is 291. The Balaban J connectivity index is 2.43. The monoisotopic (exact) mass is 245 g/mol. The van der Waals surface area contributed by atoms with Crippen LogP contribution in [0.3, 0.4) is 0 Å². The summed E-state index contributed by atoms with van der Waals surface area (Å²) in [5.41, 5.74) is 0.0483. The summed E-state index contributed by atoms with van der Waals surface area (Å²) in [7, 11) is 0. The minimum atomic E-state index is -0.944. The highest BCUT2D eigenvalue weighted by Crippen LogP contribution is 2.51. The van der Waals surface area contributed by atoms with Gasteiger partial charge in [0.25, 0.3) is 0 Å². The number of rotatable bonds is 6. The van der Waals surface area contributed by atoms with Gasteiger partial charge in [-0.2, -0.15) is 11.8 Å². The molecule has 0 spiro atoms. The van der Waals surface area contributed by atoms with Gasteiger partial charge in [0.15, 0.2) is 0 Å². The summed E-state index contributed by atoms with van der Waals surface area (Å²) in [6.45, 7) is 4.05. The normalized spacial score (nSPS) is 23.6. The molecule has 2 unspecified atom stereocenters. The van der Waals surface area contributed by atoms with Crippen molar-refractivity contribution in [1.29, 1.82) is 0 Å². The summed E-state index contributed by atoms with van der Waals surface area (Å²) in [6, 6.07) is -0.739. The van der Waals surface area contributed by atoms with Gasteiger partial charge in [-0.1, -0.05) is 13.8 Å². The fourth-order valence-corrected chi connectivity index (χ4v) is 2.15. The second kappa shape index (κ2) is 5.08. The van der Waals surface area contributed by atoms with Crippen LogP contribution in [0, 0.1) is 11.3 Å². The quantitative estimate of drug-likeness (QED) is 0.741. The van der Waals surface area contributed by atoms with Crippen molar-refractivity contribution in [3.8, 4) is 0 Å². The number of amides is 1. The largest absolute Gasteiger partial charge is 0.480 e. The van der Waals surface area contributed by atoms with E-state index in [4.69, 9.17) is 5.11 Å². The van der Waals surface area contributed by atoms with Crippen molar-refractivity contribution in [3.63, 3.8) is 0 Å². The van der Waals surface area contributed by atoms with E-state index in [0.29, 0.717) is 6.42 Å². The van der Waals surface area contributed by atoms with E-state index in [2.05, 4.69) is 5.32 Å². The number of carboxylic acid groups (broad SMARTS) is 1. The number of carbonyl (C=O) groups is 2. The van der Waals surface area contributed by atoms with Crippen molar-refractivity contribution in [1.82, 2.24) is 5.32 Å². The molecule has 1 rings (SSSR count). The third-order valence-electron chi connectivity index (χ3n) is 3.06. The van der Waals surface area contributed by atoms with Crippen molar-refractivity contribution in [2.75, 3.05) is 12.0 Å². The molecule has 4 nitrogen and oxygen atoms in total. The van der Waals surface area contributed by atoms with Crippen molar-refractivity contribution in [3.05, 3.63) is 0 Å². The standard InChI is InChI=1S/C11H19NO3S/c1-11(2)6-7(11)9(13)12-8(10(14)15)4-5-16-3/h7-8H,4-6H2,1-3H3,(H,12,13)(H,14,15). The highest BCUT2D eigenvalue weighted by atomic mass is 32.2. The maximum atomic E-state index is 11.7. The van der Waals surface area contributed by atoms with E-state index in [0.717, 1.165) is 12.2 Å². The Morgan fingerprint density at radius 3 is 2.50 bits per heavy atom. The van der Waals surface area contributed by atoms with Crippen LogP contribution >= 0.6 is 11.8 Å². The minimum Gasteiger partial charge on any atom is -0.480 e. The average Bonchev–Trinajstić information content (AvgIpc) is 2.81. The van der Waals surface area contributed by atoms with E-state index in [1.54, 1.807) is 11.8 Å². The lowest BCUT2D eigenvalue weighted by atomic mass is 10.1. The van der Waals surface area contributed by atoms with E-state index in [9.17, 15) is 9.59 Å². The molecule has 1 aliphatic carbocycles. The lowest BCUT2D eigenvalue weighted by molar-refractivity contribution is -0.142. The Labute approximate surface area is 100 Å². The average molecular weight is 245 g/mol. The van der Waals surface area contributed by atoms with Gasteiger partial charge in [-0.25, -0.2) is 4.79 Å². The second-order valence-corrected chi connectivity index (χ2v) is 5.91. The summed E-state index contributed by atoms with van der Waals surface area (Å²) in [6.07, 6.45) is 3.26. The first-order valence-corrected chi connectivity index (χ1v) is 6.80. The predicted octanol–water partition coefficient (Wildman–Crippen LogP) is 1.35. The second-order valence-electron chi connectivity index (χ2n) is 4.93. The van der Waals surface area contributed by atoms with Gasteiger partial charge in [-0.3, -0.25) is 4.79 Å². The first-order valence-electron chi connectivity index (χ1n) is 5.40. The third-order valence-corrected chi connectivity index (χ3v) is 3.70. The molecule has 0 saturated heterocycles. The van der Waals surface area contributed by atoms with Gasteiger partial charge in [-0.15, -0.1) is 0 Å². The van der Waals surface area contributed by atoms with Gasteiger partial charge in [-0.05, 0) is 30.3 Å². The maximum Gasteiger partial charge on any atom is 0.326 e. The van der Waals surface area contributed by atoms with E-state index >= 15 is 0 Å². The molecule has 1 fully saturated rings. The van der Waals surface area contributed by atoms with E-state index in [1.165, 1.54) is 0 Å². The molecule has 0 radical (unpaired) electrons. The Hall–Kier alpha value is -0.710. The molecule has 5 heteroatoms. The first-order chi connectivity index (χ1) is 7.38. The smallest absolute Gasteiger partial charge is 0.326 e. The molecule has 0 heterocycles. The molecule has 1 aliphatic rings.